The summed E-state index contributed by atoms with van der Waals surface area (Å²) in [6, 6.07) is 9.38. The number of primary amides is 1. The molecule has 0 unspecified atom stereocenters. The van der Waals surface area contributed by atoms with Gasteiger partial charge < -0.3 is 10.6 Å². The number of alkyl halides is 1. The normalized spacial score (nSPS) is 35.9. The van der Waals surface area contributed by atoms with Crippen LogP contribution in [0.3, 0.4) is 0 Å². The second-order valence-electron chi connectivity index (χ2n) is 6.20. The smallest absolute Gasteiger partial charge is 0.245 e. The van der Waals surface area contributed by atoms with Crippen molar-refractivity contribution in [2.75, 3.05) is 0 Å². The Morgan fingerprint density at radius 3 is 2.50 bits per heavy atom. The second-order valence-corrected chi connectivity index (χ2v) is 9.28. The first kappa shape index (κ1) is 15.7. The number of nitrogens with zero attached hydrogens (tertiary/aromatic N) is 1. The molecule has 0 spiro atoms. The van der Waals surface area contributed by atoms with Crippen LogP contribution in [0, 0.1) is 0 Å². The molecule has 1 aromatic rings. The molecule has 0 radical (unpaired) electrons. The van der Waals surface area contributed by atoms with E-state index in [2.05, 4.69) is 15.9 Å². The Morgan fingerprint density at radius 2 is 1.95 bits per heavy atom. The predicted octanol–water partition coefficient (Wildman–Crippen LogP) is 0.926. The molecule has 118 valence electrons. The lowest BCUT2D eigenvalue weighted by Crippen LogP contribution is -2.73. The molecule has 2 amide bonds. The molecule has 4 atom stereocenters. The highest BCUT2D eigenvalue weighted by Crippen LogP contribution is 2.53. The van der Waals surface area contributed by atoms with E-state index in [-0.39, 0.29) is 12.3 Å². The van der Waals surface area contributed by atoms with E-state index in [4.69, 9.17) is 5.73 Å². The third-order valence-electron chi connectivity index (χ3n) is 4.82. The second kappa shape index (κ2) is 4.89. The van der Waals surface area contributed by atoms with Gasteiger partial charge in [-0.1, -0.05) is 46.3 Å². The van der Waals surface area contributed by atoms with E-state index in [0.717, 1.165) is 5.56 Å². The van der Waals surface area contributed by atoms with Crippen LogP contribution in [0.2, 0.25) is 0 Å². The zero-order chi connectivity index (χ0) is 16.3. The summed E-state index contributed by atoms with van der Waals surface area (Å²) in [7, 11) is -1.38. The fraction of sp³-hybridized carbons (Fsp3) is 0.467. The molecule has 2 aliphatic heterocycles. The number of nitrogens with two attached hydrogens (primary N) is 1. The number of hydrogen-bond acceptors (Lipinski definition) is 3. The molecule has 1 aromatic carbocycles. The Hall–Kier alpha value is -1.21. The van der Waals surface area contributed by atoms with E-state index in [1.54, 1.807) is 13.8 Å². The maximum atomic E-state index is 12.8. The topological polar surface area (TPSA) is 80.5 Å². The average Bonchev–Trinajstić information content (AvgIpc) is 2.64. The van der Waals surface area contributed by atoms with Crippen molar-refractivity contribution in [2.24, 2.45) is 5.73 Å². The fourth-order valence-electron chi connectivity index (χ4n) is 3.49. The summed E-state index contributed by atoms with van der Waals surface area (Å²) < 4.78 is 11.9. The summed E-state index contributed by atoms with van der Waals surface area (Å²) in [6.45, 7) is 3.50. The minimum atomic E-state index is -1.38. The lowest BCUT2D eigenvalue weighted by molar-refractivity contribution is -0.156. The summed E-state index contributed by atoms with van der Waals surface area (Å²) in [6.07, 6.45) is 0.268. The maximum absolute atomic E-state index is 12.8. The van der Waals surface area contributed by atoms with E-state index in [1.165, 1.54) is 4.90 Å². The third kappa shape index (κ3) is 1.72. The molecule has 3 rings (SSSR count). The van der Waals surface area contributed by atoms with Gasteiger partial charge in [0.1, 0.15) is 15.7 Å². The van der Waals surface area contributed by atoms with Gasteiger partial charge in [0, 0.05) is 6.42 Å². The summed E-state index contributed by atoms with van der Waals surface area (Å²) in [5, 5.41) is -0.501. The van der Waals surface area contributed by atoms with E-state index in [1.807, 2.05) is 30.3 Å². The molecule has 2 saturated heterocycles. The van der Waals surface area contributed by atoms with Crippen LogP contribution in [0.15, 0.2) is 30.3 Å². The number of amides is 2. The van der Waals surface area contributed by atoms with Crippen LogP contribution in [0.1, 0.15) is 19.4 Å². The number of fused-ring (bicyclic) bond motifs is 1. The lowest BCUT2D eigenvalue weighted by atomic mass is 9.76. The van der Waals surface area contributed by atoms with E-state index in [9.17, 15) is 13.8 Å². The van der Waals surface area contributed by atoms with Gasteiger partial charge in [-0.15, -0.1) is 0 Å². The van der Waals surface area contributed by atoms with Crippen molar-refractivity contribution in [3.8, 4) is 0 Å². The molecule has 2 aliphatic rings. The van der Waals surface area contributed by atoms with Crippen LogP contribution in [-0.4, -0.2) is 41.4 Å². The summed E-state index contributed by atoms with van der Waals surface area (Å²) in [5.74, 6) is -0.830. The molecule has 2 fully saturated rings. The molecule has 0 aromatic heterocycles. The molecule has 2 N–H and O–H groups in total. The van der Waals surface area contributed by atoms with Crippen LogP contribution in [-0.2, 0) is 26.8 Å². The van der Waals surface area contributed by atoms with Gasteiger partial charge in [0.25, 0.3) is 0 Å². The van der Waals surface area contributed by atoms with Gasteiger partial charge in [0.05, 0.1) is 15.5 Å². The Labute approximate surface area is 139 Å². The molecule has 0 saturated carbocycles. The van der Waals surface area contributed by atoms with Crippen molar-refractivity contribution in [1.29, 1.82) is 0 Å². The first-order valence-electron chi connectivity index (χ1n) is 6.97. The Kier molecular flexibility index (Phi) is 3.49. The number of carbonyl (C=O) groups excluding carboxylic acids is 2. The standard InChI is InChI=1S/C15H17BrN2O3S/c1-14(2)15(13(17)20,8-9-6-4-3-5-7-9)18-11(19)10(16)12(18)22(14)21/h3-7,10,12H,8H2,1-2H3,(H2,17,20)/t10-,12+,15-,22-/m0/s1. The lowest BCUT2D eigenvalue weighted by Gasteiger charge is -2.48. The SMILES string of the molecule is CC1(C)[S@@](=O)[C@@H]2[C@@H](Br)C(=O)N2[C@@]1(Cc1ccccc1)C(N)=O. The van der Waals surface area contributed by atoms with Gasteiger partial charge >= 0.3 is 0 Å². The summed E-state index contributed by atoms with van der Waals surface area (Å²) in [5.41, 5.74) is 5.34. The predicted molar refractivity (Wildman–Crippen MR) is 87.6 cm³/mol. The van der Waals surface area contributed by atoms with Crippen LogP contribution in [0.5, 0.6) is 0 Å². The van der Waals surface area contributed by atoms with Gasteiger partial charge in [0.15, 0.2) is 0 Å². The zero-order valence-electron chi connectivity index (χ0n) is 12.3. The monoisotopic (exact) mass is 384 g/mol. The van der Waals surface area contributed by atoms with Crippen molar-refractivity contribution >= 4 is 38.5 Å². The Morgan fingerprint density at radius 1 is 1.36 bits per heavy atom. The largest absolute Gasteiger partial charge is 0.368 e. The molecule has 5 nitrogen and oxygen atoms in total. The third-order valence-corrected chi connectivity index (χ3v) is 8.33. The molecule has 22 heavy (non-hydrogen) atoms. The van der Waals surface area contributed by atoms with E-state index in [0.29, 0.717) is 0 Å². The van der Waals surface area contributed by atoms with Gasteiger partial charge in [-0.05, 0) is 19.4 Å². The van der Waals surface area contributed by atoms with E-state index >= 15 is 0 Å². The molecule has 2 heterocycles. The fourth-order valence-corrected chi connectivity index (χ4v) is 6.55. The van der Waals surface area contributed by atoms with Gasteiger partial charge in [0.2, 0.25) is 11.8 Å². The molecule has 7 heteroatoms. The molecule has 0 aliphatic carbocycles. The van der Waals surface area contributed by atoms with Gasteiger partial charge in [-0.25, -0.2) is 0 Å². The van der Waals surface area contributed by atoms with Crippen molar-refractivity contribution < 1.29 is 13.8 Å². The van der Waals surface area contributed by atoms with Crippen molar-refractivity contribution in [2.45, 2.75) is 40.8 Å². The Bertz CT molecular complexity index is 679. The summed E-state index contributed by atoms with van der Waals surface area (Å²) in [4.78, 5) is 25.7. The number of β-lactam (4-membered cyclic amide) rings is 1. The van der Waals surface area contributed by atoms with Crippen molar-refractivity contribution in [1.82, 2.24) is 4.90 Å². The summed E-state index contributed by atoms with van der Waals surface area (Å²) >= 11 is 3.27. The van der Waals surface area contributed by atoms with Gasteiger partial charge in [-0.2, -0.15) is 0 Å². The first-order chi connectivity index (χ1) is 10.2. The minimum Gasteiger partial charge on any atom is -0.368 e. The van der Waals surface area contributed by atoms with Crippen LogP contribution in [0.25, 0.3) is 0 Å². The van der Waals surface area contributed by atoms with Crippen molar-refractivity contribution in [3.63, 3.8) is 0 Å². The van der Waals surface area contributed by atoms with Crippen LogP contribution in [0.4, 0.5) is 0 Å². The number of carbonyl (C=O) groups is 2. The van der Waals surface area contributed by atoms with Crippen LogP contribution < -0.4 is 5.73 Å². The average molecular weight is 385 g/mol. The molecular weight excluding hydrogens is 368 g/mol. The van der Waals surface area contributed by atoms with E-state index < -0.39 is 37.2 Å². The highest BCUT2D eigenvalue weighted by molar-refractivity contribution is 9.10. The quantitative estimate of drug-likeness (QED) is 0.621. The molecule has 0 bridgehead atoms. The first-order valence-corrected chi connectivity index (χ1v) is 9.10. The Balaban J connectivity index is 2.15. The number of halogens is 1. The van der Waals surface area contributed by atoms with Crippen LogP contribution >= 0.6 is 15.9 Å². The number of rotatable bonds is 3. The minimum absolute atomic E-state index is 0.223. The maximum Gasteiger partial charge on any atom is 0.245 e. The highest BCUT2D eigenvalue weighted by atomic mass is 79.9. The zero-order valence-corrected chi connectivity index (χ0v) is 14.7. The van der Waals surface area contributed by atoms with Gasteiger partial charge in [-0.3, -0.25) is 13.8 Å². The highest BCUT2D eigenvalue weighted by Gasteiger charge is 2.74. The van der Waals surface area contributed by atoms with Crippen molar-refractivity contribution in [3.05, 3.63) is 35.9 Å². The number of benzene rings is 1. The molecular formula is C15H17BrN2O3S. The number of hydrogen-bond donors (Lipinski definition) is 1.